The average Bonchev–Trinajstić information content (AvgIpc) is 3.04. The van der Waals surface area contributed by atoms with E-state index < -0.39 is 0 Å². The van der Waals surface area contributed by atoms with E-state index in [9.17, 15) is 0 Å². The van der Waals surface area contributed by atoms with E-state index in [4.69, 9.17) is 4.74 Å². The first-order chi connectivity index (χ1) is 10.8. The van der Waals surface area contributed by atoms with Gasteiger partial charge in [0, 0.05) is 39.2 Å². The summed E-state index contributed by atoms with van der Waals surface area (Å²) < 4.78 is 7.90. The molecule has 2 aromatic rings. The molecule has 5 nitrogen and oxygen atoms in total. The number of fused-ring (bicyclic) bond motifs is 1. The minimum atomic E-state index is 0.376. The summed E-state index contributed by atoms with van der Waals surface area (Å²) in [6, 6.07) is 2.20. The van der Waals surface area contributed by atoms with E-state index in [1.54, 1.807) is 11.3 Å². The van der Waals surface area contributed by atoms with Gasteiger partial charge in [0.2, 0.25) is 0 Å². The van der Waals surface area contributed by atoms with Gasteiger partial charge in [-0.3, -0.25) is 9.58 Å². The van der Waals surface area contributed by atoms with Crippen LogP contribution in [0, 0.1) is 5.92 Å². The normalized spacial score (nSPS) is 22.0. The van der Waals surface area contributed by atoms with Crippen molar-refractivity contribution in [1.82, 2.24) is 19.9 Å². The molecule has 1 aliphatic carbocycles. The van der Waals surface area contributed by atoms with Crippen molar-refractivity contribution < 1.29 is 4.74 Å². The van der Waals surface area contributed by atoms with Gasteiger partial charge in [0.1, 0.15) is 5.69 Å². The molecule has 0 bridgehead atoms. The zero-order valence-corrected chi connectivity index (χ0v) is 13.8. The molecule has 4 rings (SSSR count). The molecule has 2 aliphatic rings. The molecule has 1 saturated carbocycles. The van der Waals surface area contributed by atoms with Crippen molar-refractivity contribution in [2.24, 2.45) is 13.0 Å². The van der Waals surface area contributed by atoms with E-state index in [1.165, 1.54) is 24.1 Å². The maximum atomic E-state index is 5.97. The molecule has 6 heteroatoms. The third-order valence-corrected chi connectivity index (χ3v) is 5.27. The van der Waals surface area contributed by atoms with Crippen LogP contribution in [0.2, 0.25) is 0 Å². The van der Waals surface area contributed by atoms with Crippen LogP contribution in [-0.2, 0) is 24.9 Å². The fourth-order valence-corrected chi connectivity index (χ4v) is 3.91. The highest BCUT2D eigenvalue weighted by Crippen LogP contribution is 2.31. The lowest BCUT2D eigenvalue weighted by Gasteiger charge is -2.32. The maximum absolute atomic E-state index is 5.97. The highest BCUT2D eigenvalue weighted by atomic mass is 32.1. The van der Waals surface area contributed by atoms with Crippen LogP contribution in [-0.4, -0.2) is 39.7 Å². The number of hydrogen-bond acceptors (Lipinski definition) is 5. The summed E-state index contributed by atoms with van der Waals surface area (Å²) in [6.45, 7) is 4.60. The van der Waals surface area contributed by atoms with Crippen LogP contribution < -0.4 is 0 Å². The average molecular weight is 318 g/mol. The fourth-order valence-electron chi connectivity index (χ4n) is 3.25. The predicted octanol–water partition coefficient (Wildman–Crippen LogP) is 2.40. The quantitative estimate of drug-likeness (QED) is 0.820. The second-order valence-electron chi connectivity index (χ2n) is 6.52. The van der Waals surface area contributed by atoms with Gasteiger partial charge in [0.25, 0.3) is 0 Å². The molecule has 0 saturated heterocycles. The van der Waals surface area contributed by atoms with Gasteiger partial charge in [0.05, 0.1) is 12.3 Å². The summed E-state index contributed by atoms with van der Waals surface area (Å²) in [4.78, 5) is 2.46. The molecule has 118 valence electrons. The van der Waals surface area contributed by atoms with Crippen LogP contribution in [0.15, 0.2) is 16.8 Å². The second kappa shape index (κ2) is 6.10. The number of ether oxygens (including phenoxy) is 1. The van der Waals surface area contributed by atoms with Gasteiger partial charge < -0.3 is 4.74 Å². The lowest BCUT2D eigenvalue weighted by molar-refractivity contribution is 0.0866. The topological polar surface area (TPSA) is 43.2 Å². The first-order valence-electron chi connectivity index (χ1n) is 7.99. The van der Waals surface area contributed by atoms with Crippen molar-refractivity contribution in [2.75, 3.05) is 19.8 Å². The Bertz CT molecular complexity index is 620. The Labute approximate surface area is 134 Å². The van der Waals surface area contributed by atoms with Gasteiger partial charge in [-0.15, -0.1) is 5.10 Å². The molecule has 0 unspecified atom stereocenters. The standard InChI is InChI=1S/C16H22N4OS/c1-19-16-14(10-21-9-12-2-3-12)7-20(8-15(16)17-18-19)6-13-4-5-22-11-13/h4-5,11-12,14H,2-3,6-10H2,1H3/t14-/m0/s1. The van der Waals surface area contributed by atoms with Gasteiger partial charge in [-0.05, 0) is 41.1 Å². The molecule has 0 aromatic carbocycles. The van der Waals surface area contributed by atoms with Crippen LogP contribution in [0.3, 0.4) is 0 Å². The largest absolute Gasteiger partial charge is 0.380 e. The second-order valence-corrected chi connectivity index (χ2v) is 7.30. The highest BCUT2D eigenvalue weighted by molar-refractivity contribution is 7.07. The van der Waals surface area contributed by atoms with E-state index in [1.807, 2.05) is 11.7 Å². The molecule has 2 aromatic heterocycles. The third-order valence-electron chi connectivity index (χ3n) is 4.54. The molecule has 0 amide bonds. The molecule has 0 radical (unpaired) electrons. The summed E-state index contributed by atoms with van der Waals surface area (Å²) in [5.41, 5.74) is 3.76. The zero-order valence-electron chi connectivity index (χ0n) is 12.9. The van der Waals surface area contributed by atoms with Crippen molar-refractivity contribution >= 4 is 11.3 Å². The molecule has 3 heterocycles. The number of aromatic nitrogens is 3. The highest BCUT2D eigenvalue weighted by Gasteiger charge is 2.31. The van der Waals surface area contributed by atoms with E-state index in [0.29, 0.717) is 5.92 Å². The molecule has 22 heavy (non-hydrogen) atoms. The Hall–Kier alpha value is -1.24. The van der Waals surface area contributed by atoms with Gasteiger partial charge in [-0.2, -0.15) is 11.3 Å². The molecular weight excluding hydrogens is 296 g/mol. The molecule has 1 fully saturated rings. The Balaban J connectivity index is 1.46. The Morgan fingerprint density at radius 1 is 1.36 bits per heavy atom. The van der Waals surface area contributed by atoms with E-state index in [0.717, 1.165) is 44.5 Å². The smallest absolute Gasteiger partial charge is 0.100 e. The lowest BCUT2D eigenvalue weighted by Crippen LogP contribution is -2.36. The van der Waals surface area contributed by atoms with Gasteiger partial charge in [-0.1, -0.05) is 5.21 Å². The first-order valence-corrected chi connectivity index (χ1v) is 8.93. The molecule has 0 N–H and O–H groups in total. The summed E-state index contributed by atoms with van der Waals surface area (Å²) in [5, 5.41) is 13.0. The maximum Gasteiger partial charge on any atom is 0.100 e. The monoisotopic (exact) mass is 318 g/mol. The summed E-state index contributed by atoms with van der Waals surface area (Å²) in [6.07, 6.45) is 2.68. The van der Waals surface area contributed by atoms with Crippen molar-refractivity contribution in [3.05, 3.63) is 33.8 Å². The van der Waals surface area contributed by atoms with Gasteiger partial charge >= 0.3 is 0 Å². The molecular formula is C16H22N4OS. The van der Waals surface area contributed by atoms with Gasteiger partial charge in [-0.25, -0.2) is 0 Å². The van der Waals surface area contributed by atoms with Crippen LogP contribution in [0.1, 0.15) is 35.7 Å². The van der Waals surface area contributed by atoms with E-state index in [-0.39, 0.29) is 0 Å². The van der Waals surface area contributed by atoms with Crippen LogP contribution in [0.4, 0.5) is 0 Å². The van der Waals surface area contributed by atoms with Crippen LogP contribution in [0.5, 0.6) is 0 Å². The SMILES string of the molecule is Cn1nnc2c1[C@H](COCC1CC1)CN(Cc1ccsc1)C2. The number of aryl methyl sites for hydroxylation is 1. The van der Waals surface area contributed by atoms with Gasteiger partial charge in [0.15, 0.2) is 0 Å². The number of nitrogens with zero attached hydrogens (tertiary/aromatic N) is 4. The van der Waals surface area contributed by atoms with Crippen molar-refractivity contribution in [3.63, 3.8) is 0 Å². The van der Waals surface area contributed by atoms with Crippen LogP contribution >= 0.6 is 11.3 Å². The minimum absolute atomic E-state index is 0.376. The van der Waals surface area contributed by atoms with Crippen molar-refractivity contribution in [3.8, 4) is 0 Å². The fraction of sp³-hybridized carbons (Fsp3) is 0.625. The predicted molar refractivity (Wildman–Crippen MR) is 85.7 cm³/mol. The Morgan fingerprint density at radius 2 is 2.27 bits per heavy atom. The van der Waals surface area contributed by atoms with E-state index in [2.05, 4.69) is 32.0 Å². The first kappa shape index (κ1) is 14.4. The van der Waals surface area contributed by atoms with Crippen molar-refractivity contribution in [2.45, 2.75) is 31.8 Å². The van der Waals surface area contributed by atoms with E-state index >= 15 is 0 Å². The van der Waals surface area contributed by atoms with Crippen molar-refractivity contribution in [1.29, 1.82) is 0 Å². The number of thiophene rings is 1. The number of rotatable bonds is 6. The Kier molecular flexibility index (Phi) is 3.98. The number of hydrogen-bond donors (Lipinski definition) is 0. The third kappa shape index (κ3) is 3.09. The zero-order chi connectivity index (χ0) is 14.9. The molecule has 1 atom stereocenters. The Morgan fingerprint density at radius 3 is 3.05 bits per heavy atom. The van der Waals surface area contributed by atoms with Crippen LogP contribution in [0.25, 0.3) is 0 Å². The summed E-state index contributed by atoms with van der Waals surface area (Å²) in [5.74, 6) is 1.19. The lowest BCUT2D eigenvalue weighted by atomic mass is 9.98. The molecule has 1 aliphatic heterocycles. The molecule has 0 spiro atoms. The summed E-state index contributed by atoms with van der Waals surface area (Å²) in [7, 11) is 1.99. The summed E-state index contributed by atoms with van der Waals surface area (Å²) >= 11 is 1.76. The minimum Gasteiger partial charge on any atom is -0.380 e.